The highest BCUT2D eigenvalue weighted by Crippen LogP contribution is 2.15. The third-order valence-corrected chi connectivity index (χ3v) is 3.44. The van der Waals surface area contributed by atoms with Crippen LogP contribution in [0.25, 0.3) is 0 Å². The molecule has 0 aliphatic rings. The zero-order chi connectivity index (χ0) is 15.5. The minimum atomic E-state index is -0.855. The van der Waals surface area contributed by atoms with Crippen LogP contribution < -0.4 is 5.32 Å². The minimum Gasteiger partial charge on any atom is -0.481 e. The van der Waals surface area contributed by atoms with Crippen LogP contribution in [0.2, 0.25) is 0 Å². The summed E-state index contributed by atoms with van der Waals surface area (Å²) >= 11 is 0. The molecular formula is C14H23N3O3. The van der Waals surface area contributed by atoms with Crippen molar-refractivity contribution in [1.82, 2.24) is 15.1 Å². The molecule has 112 valence electrons. The van der Waals surface area contributed by atoms with Gasteiger partial charge in [-0.3, -0.25) is 14.3 Å². The molecule has 1 aromatic rings. The summed E-state index contributed by atoms with van der Waals surface area (Å²) in [7, 11) is 1.85. The average Bonchev–Trinajstić information content (AvgIpc) is 2.53. The number of hydrogen-bond donors (Lipinski definition) is 2. The van der Waals surface area contributed by atoms with Crippen LogP contribution in [0.3, 0.4) is 0 Å². The quantitative estimate of drug-likeness (QED) is 0.824. The van der Waals surface area contributed by atoms with Crippen molar-refractivity contribution in [3.05, 3.63) is 17.0 Å². The van der Waals surface area contributed by atoms with E-state index in [2.05, 4.69) is 10.4 Å². The highest BCUT2D eigenvalue weighted by molar-refractivity contribution is 5.80. The van der Waals surface area contributed by atoms with Crippen molar-refractivity contribution in [1.29, 1.82) is 0 Å². The van der Waals surface area contributed by atoms with Crippen LogP contribution in [0, 0.1) is 13.8 Å². The predicted molar refractivity (Wildman–Crippen MR) is 75.5 cm³/mol. The van der Waals surface area contributed by atoms with Crippen LogP contribution in [0.5, 0.6) is 0 Å². The molecule has 0 aliphatic heterocycles. The van der Waals surface area contributed by atoms with Crippen LogP contribution in [-0.2, 0) is 23.1 Å². The van der Waals surface area contributed by atoms with Gasteiger partial charge in [0.2, 0.25) is 5.91 Å². The number of nitrogens with zero attached hydrogens (tertiary/aromatic N) is 2. The number of aryl methyl sites for hydroxylation is 2. The van der Waals surface area contributed by atoms with Crippen molar-refractivity contribution >= 4 is 11.9 Å². The van der Waals surface area contributed by atoms with E-state index in [1.807, 2.05) is 34.7 Å². The van der Waals surface area contributed by atoms with E-state index < -0.39 is 11.5 Å². The minimum absolute atomic E-state index is 0.0399. The molecule has 1 rings (SSSR count). The van der Waals surface area contributed by atoms with Crippen LogP contribution in [0.15, 0.2) is 0 Å². The molecule has 2 N–H and O–H groups in total. The molecule has 0 atom stereocenters. The molecule has 1 heterocycles. The molecule has 0 fully saturated rings. The standard InChI is InChI=1S/C14H23N3O3/c1-9-11(10(2)17(5)16-9)8-12(18)15-14(3,4)7-6-13(19)20/h6-8H2,1-5H3,(H,15,18)(H,19,20). The van der Waals surface area contributed by atoms with Gasteiger partial charge >= 0.3 is 5.97 Å². The normalized spacial score (nSPS) is 11.4. The summed E-state index contributed by atoms with van der Waals surface area (Å²) < 4.78 is 1.76. The Morgan fingerprint density at radius 2 is 1.95 bits per heavy atom. The Balaban J connectivity index is 2.65. The lowest BCUT2D eigenvalue weighted by Gasteiger charge is -2.25. The number of carboxylic acid groups (broad SMARTS) is 1. The maximum atomic E-state index is 12.1. The highest BCUT2D eigenvalue weighted by atomic mass is 16.4. The second-order valence-corrected chi connectivity index (χ2v) is 5.78. The van der Waals surface area contributed by atoms with Crippen molar-refractivity contribution in [2.45, 2.75) is 52.5 Å². The van der Waals surface area contributed by atoms with Crippen molar-refractivity contribution in [2.75, 3.05) is 0 Å². The Hall–Kier alpha value is -1.85. The van der Waals surface area contributed by atoms with E-state index in [0.29, 0.717) is 6.42 Å². The Kier molecular flexibility index (Phi) is 4.92. The predicted octanol–water partition coefficient (Wildman–Crippen LogP) is 1.34. The SMILES string of the molecule is Cc1nn(C)c(C)c1CC(=O)NC(C)(C)CCC(=O)O. The summed E-state index contributed by atoms with van der Waals surface area (Å²) in [5, 5.41) is 15.9. The molecule has 1 aromatic heterocycles. The van der Waals surface area contributed by atoms with E-state index in [1.54, 1.807) is 4.68 Å². The first-order valence-electron chi connectivity index (χ1n) is 6.64. The zero-order valence-electron chi connectivity index (χ0n) is 12.8. The van der Waals surface area contributed by atoms with Gasteiger partial charge in [-0.1, -0.05) is 0 Å². The van der Waals surface area contributed by atoms with E-state index >= 15 is 0 Å². The summed E-state index contributed by atoms with van der Waals surface area (Å²) in [6.07, 6.45) is 0.708. The molecule has 0 aliphatic carbocycles. The fourth-order valence-corrected chi connectivity index (χ4v) is 2.14. The molecule has 0 aromatic carbocycles. The second kappa shape index (κ2) is 6.07. The topological polar surface area (TPSA) is 84.2 Å². The first kappa shape index (κ1) is 16.2. The number of nitrogens with one attached hydrogen (secondary N) is 1. The van der Waals surface area contributed by atoms with E-state index in [4.69, 9.17) is 5.11 Å². The molecule has 0 unspecified atom stereocenters. The molecule has 20 heavy (non-hydrogen) atoms. The number of carbonyl (C=O) groups excluding carboxylic acids is 1. The summed E-state index contributed by atoms with van der Waals surface area (Å²) in [5.41, 5.74) is 2.22. The number of amides is 1. The number of hydrogen-bond acceptors (Lipinski definition) is 3. The number of carbonyl (C=O) groups is 2. The Labute approximate surface area is 119 Å². The lowest BCUT2D eigenvalue weighted by molar-refractivity contribution is -0.137. The Morgan fingerprint density at radius 1 is 1.35 bits per heavy atom. The fraction of sp³-hybridized carbons (Fsp3) is 0.643. The molecule has 6 heteroatoms. The van der Waals surface area contributed by atoms with Gasteiger partial charge in [0.05, 0.1) is 12.1 Å². The van der Waals surface area contributed by atoms with Crippen LogP contribution in [-0.4, -0.2) is 32.3 Å². The van der Waals surface area contributed by atoms with Crippen LogP contribution in [0.4, 0.5) is 0 Å². The van der Waals surface area contributed by atoms with Gasteiger partial charge in [-0.2, -0.15) is 5.10 Å². The maximum Gasteiger partial charge on any atom is 0.303 e. The number of aromatic nitrogens is 2. The lowest BCUT2D eigenvalue weighted by atomic mass is 9.97. The molecule has 0 spiro atoms. The van der Waals surface area contributed by atoms with Crippen LogP contribution in [0.1, 0.15) is 43.6 Å². The Bertz CT molecular complexity index is 518. The monoisotopic (exact) mass is 281 g/mol. The van der Waals surface area contributed by atoms with Crippen molar-refractivity contribution in [3.63, 3.8) is 0 Å². The molecule has 0 saturated heterocycles. The molecule has 6 nitrogen and oxygen atoms in total. The lowest BCUT2D eigenvalue weighted by Crippen LogP contribution is -2.44. The summed E-state index contributed by atoms with van der Waals surface area (Å²) in [5.74, 6) is -0.967. The average molecular weight is 281 g/mol. The molecule has 1 amide bonds. The van der Waals surface area contributed by atoms with Gasteiger partial charge in [-0.05, 0) is 34.1 Å². The van der Waals surface area contributed by atoms with Gasteiger partial charge < -0.3 is 10.4 Å². The smallest absolute Gasteiger partial charge is 0.303 e. The molecule has 0 bridgehead atoms. The van der Waals surface area contributed by atoms with Crippen molar-refractivity contribution in [2.24, 2.45) is 7.05 Å². The summed E-state index contributed by atoms with van der Waals surface area (Å²) in [6, 6.07) is 0. The number of aliphatic carboxylic acids is 1. The van der Waals surface area contributed by atoms with Gasteiger partial charge in [0, 0.05) is 30.3 Å². The van der Waals surface area contributed by atoms with Gasteiger partial charge in [0.15, 0.2) is 0 Å². The Morgan fingerprint density at radius 3 is 2.40 bits per heavy atom. The van der Waals surface area contributed by atoms with Crippen molar-refractivity contribution < 1.29 is 14.7 Å². The van der Waals surface area contributed by atoms with Gasteiger partial charge in [0.25, 0.3) is 0 Å². The first-order valence-corrected chi connectivity index (χ1v) is 6.64. The van der Waals surface area contributed by atoms with Gasteiger partial charge in [-0.15, -0.1) is 0 Å². The molecule has 0 radical (unpaired) electrons. The second-order valence-electron chi connectivity index (χ2n) is 5.78. The van der Waals surface area contributed by atoms with E-state index in [-0.39, 0.29) is 18.7 Å². The zero-order valence-corrected chi connectivity index (χ0v) is 12.8. The number of carboxylic acids is 1. The van der Waals surface area contributed by atoms with Gasteiger partial charge in [-0.25, -0.2) is 0 Å². The van der Waals surface area contributed by atoms with Gasteiger partial charge in [0.1, 0.15) is 0 Å². The van der Waals surface area contributed by atoms with Crippen molar-refractivity contribution in [3.8, 4) is 0 Å². The third-order valence-electron chi connectivity index (χ3n) is 3.44. The fourth-order valence-electron chi connectivity index (χ4n) is 2.14. The summed E-state index contributed by atoms with van der Waals surface area (Å²) in [6.45, 7) is 7.47. The summed E-state index contributed by atoms with van der Waals surface area (Å²) in [4.78, 5) is 22.7. The first-order chi connectivity index (χ1) is 9.12. The number of rotatable bonds is 6. The van der Waals surface area contributed by atoms with Crippen LogP contribution >= 0.6 is 0 Å². The third kappa shape index (κ3) is 4.36. The van der Waals surface area contributed by atoms with E-state index in [9.17, 15) is 9.59 Å². The molecule has 0 saturated carbocycles. The molecular weight excluding hydrogens is 258 g/mol. The maximum absolute atomic E-state index is 12.1. The van der Waals surface area contributed by atoms with E-state index in [1.165, 1.54) is 0 Å². The highest BCUT2D eigenvalue weighted by Gasteiger charge is 2.22. The largest absolute Gasteiger partial charge is 0.481 e. The van der Waals surface area contributed by atoms with E-state index in [0.717, 1.165) is 17.0 Å².